The van der Waals surface area contributed by atoms with Crippen LogP contribution in [0.5, 0.6) is 0 Å². The van der Waals surface area contributed by atoms with E-state index < -0.39 is 5.92 Å². The first-order valence-corrected chi connectivity index (χ1v) is 6.65. The quantitative estimate of drug-likeness (QED) is 0.864. The van der Waals surface area contributed by atoms with Crippen LogP contribution in [0.15, 0.2) is 18.2 Å². The summed E-state index contributed by atoms with van der Waals surface area (Å²) in [5.41, 5.74) is 8.05. The number of halogens is 3. The van der Waals surface area contributed by atoms with Gasteiger partial charge < -0.3 is 5.73 Å². The van der Waals surface area contributed by atoms with Gasteiger partial charge >= 0.3 is 0 Å². The van der Waals surface area contributed by atoms with E-state index in [0.29, 0.717) is 17.9 Å². The lowest BCUT2D eigenvalue weighted by Gasteiger charge is -2.17. The van der Waals surface area contributed by atoms with Gasteiger partial charge in [-0.2, -0.15) is 0 Å². The summed E-state index contributed by atoms with van der Waals surface area (Å²) in [5.74, 6) is -2.45. The van der Waals surface area contributed by atoms with Crippen LogP contribution in [0.4, 0.5) is 8.78 Å². The van der Waals surface area contributed by atoms with E-state index in [2.05, 4.69) is 0 Å². The summed E-state index contributed by atoms with van der Waals surface area (Å²) < 4.78 is 26.2. The van der Waals surface area contributed by atoms with E-state index in [0.717, 1.165) is 11.1 Å². The van der Waals surface area contributed by atoms with Gasteiger partial charge in [-0.05, 0) is 42.9 Å². The van der Waals surface area contributed by atoms with Gasteiger partial charge in [-0.1, -0.05) is 23.7 Å². The highest BCUT2D eigenvalue weighted by Crippen LogP contribution is 2.42. The van der Waals surface area contributed by atoms with Crippen molar-refractivity contribution in [1.29, 1.82) is 0 Å². The van der Waals surface area contributed by atoms with Gasteiger partial charge in [-0.3, -0.25) is 0 Å². The predicted molar refractivity (Wildman–Crippen MR) is 70.0 cm³/mol. The minimum Gasteiger partial charge on any atom is -0.324 e. The van der Waals surface area contributed by atoms with Crippen LogP contribution < -0.4 is 5.73 Å². The first-order valence-electron chi connectivity index (χ1n) is 6.27. The zero-order valence-corrected chi connectivity index (χ0v) is 11.2. The highest BCUT2D eigenvalue weighted by molar-refractivity contribution is 6.31. The molecule has 0 radical (unpaired) electrons. The number of benzene rings is 1. The van der Waals surface area contributed by atoms with Crippen molar-refractivity contribution in [2.75, 3.05) is 0 Å². The summed E-state index contributed by atoms with van der Waals surface area (Å²) in [5, 5.41) is 0.707. The van der Waals surface area contributed by atoms with Gasteiger partial charge in [0.05, 0.1) is 0 Å². The number of hydrogen-bond donors (Lipinski definition) is 1. The molecule has 1 nitrogen and oxygen atoms in total. The number of aryl methyl sites for hydroxylation is 1. The Labute approximate surface area is 111 Å². The fourth-order valence-corrected chi connectivity index (χ4v) is 2.75. The molecular weight excluding hydrogens is 256 g/mol. The van der Waals surface area contributed by atoms with E-state index in [4.69, 9.17) is 17.3 Å². The Bertz CT molecular complexity index is 434. The SMILES string of the molecule is Cc1cc(C(N)CC2CCC(F)(F)C2)ccc1Cl. The van der Waals surface area contributed by atoms with Crippen molar-refractivity contribution in [3.05, 3.63) is 34.3 Å². The van der Waals surface area contributed by atoms with Crippen molar-refractivity contribution in [2.24, 2.45) is 11.7 Å². The van der Waals surface area contributed by atoms with E-state index in [1.54, 1.807) is 0 Å². The molecule has 1 aromatic rings. The number of rotatable bonds is 3. The minimum atomic E-state index is -2.49. The van der Waals surface area contributed by atoms with Gasteiger partial charge in [0.25, 0.3) is 0 Å². The third-order valence-electron chi connectivity index (χ3n) is 3.70. The van der Waals surface area contributed by atoms with Crippen LogP contribution in [0.2, 0.25) is 5.02 Å². The standard InChI is InChI=1S/C14H18ClF2N/c1-9-6-11(2-3-12(9)15)13(18)7-10-4-5-14(16,17)8-10/h2-3,6,10,13H,4-5,7-8,18H2,1H3. The molecule has 0 aromatic heterocycles. The molecule has 100 valence electrons. The van der Waals surface area contributed by atoms with Crippen LogP contribution in [0.25, 0.3) is 0 Å². The second-order valence-electron chi connectivity index (χ2n) is 5.32. The molecule has 0 aliphatic heterocycles. The molecule has 0 amide bonds. The third kappa shape index (κ3) is 3.21. The molecule has 4 heteroatoms. The summed E-state index contributed by atoms with van der Waals surface area (Å²) in [6.45, 7) is 1.92. The Morgan fingerprint density at radius 2 is 2.22 bits per heavy atom. The fourth-order valence-electron chi connectivity index (χ4n) is 2.64. The van der Waals surface area contributed by atoms with Crippen molar-refractivity contribution in [2.45, 2.75) is 44.6 Å². The summed E-state index contributed by atoms with van der Waals surface area (Å²) in [6.07, 6.45) is 1.18. The average Bonchev–Trinajstić information content (AvgIpc) is 2.62. The van der Waals surface area contributed by atoms with Crippen molar-refractivity contribution in [1.82, 2.24) is 0 Å². The second kappa shape index (κ2) is 5.14. The molecule has 2 atom stereocenters. The summed E-state index contributed by atoms with van der Waals surface area (Å²) in [7, 11) is 0. The zero-order valence-electron chi connectivity index (χ0n) is 10.4. The number of hydrogen-bond acceptors (Lipinski definition) is 1. The van der Waals surface area contributed by atoms with Gasteiger partial charge in [-0.15, -0.1) is 0 Å². The Kier molecular flexibility index (Phi) is 3.93. The molecular formula is C14H18ClF2N. The molecule has 2 unspecified atom stereocenters. The Morgan fingerprint density at radius 1 is 1.50 bits per heavy atom. The Hall–Kier alpha value is -0.670. The fraction of sp³-hybridized carbons (Fsp3) is 0.571. The second-order valence-corrected chi connectivity index (χ2v) is 5.72. The van der Waals surface area contributed by atoms with Gasteiger partial charge in [0.15, 0.2) is 0 Å². The Balaban J connectivity index is 1.99. The van der Waals surface area contributed by atoms with Gasteiger partial charge in [-0.25, -0.2) is 8.78 Å². The summed E-state index contributed by atoms with van der Waals surface area (Å²) in [6, 6.07) is 5.46. The molecule has 2 N–H and O–H groups in total. The van der Waals surface area contributed by atoms with E-state index in [1.165, 1.54) is 0 Å². The number of alkyl halides is 2. The maximum Gasteiger partial charge on any atom is 0.248 e. The molecule has 18 heavy (non-hydrogen) atoms. The molecule has 0 spiro atoms. The van der Waals surface area contributed by atoms with Crippen LogP contribution in [0.3, 0.4) is 0 Å². The highest BCUT2D eigenvalue weighted by atomic mass is 35.5. The maximum absolute atomic E-state index is 13.1. The zero-order chi connectivity index (χ0) is 13.3. The van der Waals surface area contributed by atoms with E-state index in [1.807, 2.05) is 25.1 Å². The van der Waals surface area contributed by atoms with Crippen LogP contribution in [0.1, 0.15) is 42.9 Å². The van der Waals surface area contributed by atoms with Gasteiger partial charge in [0, 0.05) is 23.9 Å². The van der Waals surface area contributed by atoms with Crippen LogP contribution in [-0.2, 0) is 0 Å². The lowest BCUT2D eigenvalue weighted by molar-refractivity contribution is 0.00446. The van der Waals surface area contributed by atoms with Crippen molar-refractivity contribution >= 4 is 11.6 Å². The van der Waals surface area contributed by atoms with Crippen LogP contribution >= 0.6 is 11.6 Å². The van der Waals surface area contributed by atoms with Crippen molar-refractivity contribution in [3.63, 3.8) is 0 Å². The van der Waals surface area contributed by atoms with Gasteiger partial charge in [0.1, 0.15) is 0 Å². The van der Waals surface area contributed by atoms with Crippen molar-refractivity contribution in [3.8, 4) is 0 Å². The summed E-state index contributed by atoms with van der Waals surface area (Å²) >= 11 is 5.95. The topological polar surface area (TPSA) is 26.0 Å². The lowest BCUT2D eigenvalue weighted by Crippen LogP contribution is -2.16. The normalized spacial score (nSPS) is 24.2. The molecule has 1 fully saturated rings. The van der Waals surface area contributed by atoms with Crippen LogP contribution in [0, 0.1) is 12.8 Å². The number of nitrogens with two attached hydrogens (primary N) is 1. The molecule has 1 aliphatic carbocycles. The lowest BCUT2D eigenvalue weighted by atomic mass is 9.93. The molecule has 1 aromatic carbocycles. The maximum atomic E-state index is 13.1. The first-order chi connectivity index (χ1) is 8.37. The van der Waals surface area contributed by atoms with E-state index in [9.17, 15) is 8.78 Å². The molecule has 0 heterocycles. The van der Waals surface area contributed by atoms with Gasteiger partial charge in [0.2, 0.25) is 5.92 Å². The molecule has 0 bridgehead atoms. The van der Waals surface area contributed by atoms with E-state index >= 15 is 0 Å². The smallest absolute Gasteiger partial charge is 0.248 e. The highest BCUT2D eigenvalue weighted by Gasteiger charge is 2.39. The predicted octanol–water partition coefficient (Wildman–Crippen LogP) is 4.47. The molecule has 2 rings (SSSR count). The monoisotopic (exact) mass is 273 g/mol. The van der Waals surface area contributed by atoms with Crippen molar-refractivity contribution < 1.29 is 8.78 Å². The molecule has 1 saturated carbocycles. The van der Waals surface area contributed by atoms with Crippen LogP contribution in [-0.4, -0.2) is 5.92 Å². The molecule has 1 aliphatic rings. The minimum absolute atomic E-state index is 0.00400. The Morgan fingerprint density at radius 3 is 2.78 bits per heavy atom. The first kappa shape index (κ1) is 13.8. The third-order valence-corrected chi connectivity index (χ3v) is 4.13. The summed E-state index contributed by atoms with van der Waals surface area (Å²) in [4.78, 5) is 0. The largest absolute Gasteiger partial charge is 0.324 e. The average molecular weight is 274 g/mol. The van der Waals surface area contributed by atoms with E-state index in [-0.39, 0.29) is 24.8 Å². The molecule has 0 saturated heterocycles.